The smallest absolute Gasteiger partial charge is 0.338 e. The van der Waals surface area contributed by atoms with Crippen LogP contribution in [0.2, 0.25) is 18.1 Å². The standard InChI is InChI=1S/C35H49FO9Si/c1-9-46(10-2,11-3)45-23-18-35(41)30(43-31(40)22-15-13-12-14-16-22)28-33(8,29(39)27(38)26(20(23)4)32(35,6)7)24(36)17-25-34(28,19-42-25)44-21(5)37/h12-16,23-25,27-28,30,38,41H,9-11,17-19H2,1-8H3/t23-,24+,25+,27+,28-,30-,33+,34-,35+/m0/s1. The Balaban J connectivity index is 1.81. The molecular formula is C35H49FO9Si. The monoisotopic (exact) mass is 660 g/mol. The van der Waals surface area contributed by atoms with Gasteiger partial charge < -0.3 is 28.8 Å². The predicted molar refractivity (Wildman–Crippen MR) is 170 cm³/mol. The maximum absolute atomic E-state index is 16.7. The van der Waals surface area contributed by atoms with Crippen LogP contribution in [-0.4, -0.2) is 84.6 Å². The Hall–Kier alpha value is -2.44. The topological polar surface area (TPSA) is 129 Å². The Morgan fingerprint density at radius 1 is 1.09 bits per heavy atom. The fourth-order valence-electron chi connectivity index (χ4n) is 9.04. The first-order valence-corrected chi connectivity index (χ1v) is 19.1. The number of hydrogen-bond acceptors (Lipinski definition) is 9. The summed E-state index contributed by atoms with van der Waals surface area (Å²) in [5.74, 6) is -3.70. The van der Waals surface area contributed by atoms with Crippen molar-refractivity contribution in [2.24, 2.45) is 16.7 Å². The molecule has 9 atom stereocenters. The van der Waals surface area contributed by atoms with Crippen LogP contribution in [0.25, 0.3) is 0 Å². The van der Waals surface area contributed by atoms with E-state index in [2.05, 4.69) is 20.8 Å². The van der Waals surface area contributed by atoms with Crippen LogP contribution in [0.4, 0.5) is 4.39 Å². The van der Waals surface area contributed by atoms with Gasteiger partial charge in [-0.15, -0.1) is 0 Å². The molecule has 0 radical (unpaired) electrons. The van der Waals surface area contributed by atoms with Gasteiger partial charge >= 0.3 is 11.9 Å². The lowest BCUT2D eigenvalue weighted by Crippen LogP contribution is -2.81. The Morgan fingerprint density at radius 2 is 1.70 bits per heavy atom. The van der Waals surface area contributed by atoms with Crippen molar-refractivity contribution in [1.82, 2.24) is 0 Å². The van der Waals surface area contributed by atoms with E-state index in [1.807, 2.05) is 0 Å². The van der Waals surface area contributed by atoms with Gasteiger partial charge in [-0.2, -0.15) is 0 Å². The molecular weight excluding hydrogens is 611 g/mol. The fourth-order valence-corrected chi connectivity index (χ4v) is 11.9. The van der Waals surface area contributed by atoms with Crippen molar-refractivity contribution < 1.29 is 47.6 Å². The summed E-state index contributed by atoms with van der Waals surface area (Å²) in [6, 6.07) is 10.7. The Bertz CT molecular complexity index is 1400. The van der Waals surface area contributed by atoms with Gasteiger partial charge in [-0.3, -0.25) is 9.59 Å². The van der Waals surface area contributed by atoms with Gasteiger partial charge in [0.15, 0.2) is 19.7 Å². The third-order valence-corrected chi connectivity index (χ3v) is 16.8. The van der Waals surface area contributed by atoms with E-state index in [4.69, 9.17) is 18.6 Å². The number of aliphatic hydroxyl groups excluding tert-OH is 1. The molecule has 0 aromatic heterocycles. The SMILES string of the molecule is CC[Si](CC)(CC)O[C@H]1C[C@@]2(O)[C@@H](OC(=O)c3ccccc3)[C@@H]3[C@]4(OC(C)=O)CO[C@@H]4C[C@@H](F)[C@@]3(C)C(=O)[C@H](O)C(=C1C)C2(C)C. The van der Waals surface area contributed by atoms with Crippen LogP contribution in [0.3, 0.4) is 0 Å². The summed E-state index contributed by atoms with van der Waals surface area (Å²) in [6.45, 7) is 13.9. The molecule has 2 N–H and O–H groups in total. The molecule has 1 aromatic rings. The number of carbonyl (C=O) groups excluding carboxylic acids is 3. The van der Waals surface area contributed by atoms with Crippen LogP contribution in [-0.2, 0) is 28.2 Å². The Morgan fingerprint density at radius 3 is 2.22 bits per heavy atom. The van der Waals surface area contributed by atoms with Crippen molar-refractivity contribution in [3.63, 3.8) is 0 Å². The zero-order valence-electron chi connectivity index (χ0n) is 28.2. The van der Waals surface area contributed by atoms with Crippen LogP contribution in [0.15, 0.2) is 41.5 Å². The Labute approximate surface area is 271 Å². The number of benzene rings is 1. The highest BCUT2D eigenvalue weighted by Gasteiger charge is 2.78. The molecule has 0 amide bonds. The number of fused-ring (bicyclic) bond motifs is 5. The zero-order valence-corrected chi connectivity index (χ0v) is 29.2. The summed E-state index contributed by atoms with van der Waals surface area (Å²) in [5.41, 5.74) is -5.97. The summed E-state index contributed by atoms with van der Waals surface area (Å²) in [7, 11) is -2.33. The van der Waals surface area contributed by atoms with E-state index in [-0.39, 0.29) is 30.6 Å². The van der Waals surface area contributed by atoms with Crippen LogP contribution < -0.4 is 0 Å². The van der Waals surface area contributed by atoms with E-state index < -0.39 is 84.6 Å². The molecule has 1 aromatic carbocycles. The van der Waals surface area contributed by atoms with Gasteiger partial charge in [0.1, 0.15) is 30.1 Å². The highest BCUT2D eigenvalue weighted by Crippen LogP contribution is 2.64. The van der Waals surface area contributed by atoms with Crippen molar-refractivity contribution in [3.8, 4) is 0 Å². The van der Waals surface area contributed by atoms with Gasteiger partial charge in [0.2, 0.25) is 0 Å². The summed E-state index contributed by atoms with van der Waals surface area (Å²) < 4.78 is 41.7. The van der Waals surface area contributed by atoms with Gasteiger partial charge in [0.05, 0.1) is 29.6 Å². The molecule has 9 nitrogen and oxygen atoms in total. The lowest BCUT2D eigenvalue weighted by atomic mass is 9.45. The molecule has 3 aliphatic carbocycles. The van der Waals surface area contributed by atoms with E-state index >= 15 is 4.39 Å². The van der Waals surface area contributed by atoms with Gasteiger partial charge in [0, 0.05) is 25.2 Å². The van der Waals surface area contributed by atoms with E-state index in [1.54, 1.807) is 51.1 Å². The first-order valence-electron chi connectivity index (χ1n) is 16.5. The molecule has 0 spiro atoms. The zero-order chi connectivity index (χ0) is 34.0. The molecule has 2 bridgehead atoms. The minimum absolute atomic E-state index is 0.0526. The first-order chi connectivity index (χ1) is 21.5. The number of Topliss-reactive ketones (excluding diaryl/α,β-unsaturated/α-hetero) is 1. The van der Waals surface area contributed by atoms with Crippen molar-refractivity contribution in [3.05, 3.63) is 47.0 Å². The molecule has 254 valence electrons. The number of ether oxygens (including phenoxy) is 3. The lowest BCUT2D eigenvalue weighted by Gasteiger charge is -2.67. The van der Waals surface area contributed by atoms with Crippen molar-refractivity contribution in [2.75, 3.05) is 6.61 Å². The van der Waals surface area contributed by atoms with Crippen molar-refractivity contribution in [2.45, 2.75) is 128 Å². The molecule has 1 heterocycles. The number of rotatable bonds is 8. The molecule has 1 saturated heterocycles. The van der Waals surface area contributed by atoms with Gasteiger partial charge in [-0.1, -0.05) is 52.8 Å². The van der Waals surface area contributed by atoms with Gasteiger partial charge in [-0.05, 0) is 55.3 Å². The van der Waals surface area contributed by atoms with Crippen LogP contribution in [0, 0.1) is 16.7 Å². The number of ketones is 1. The van der Waals surface area contributed by atoms with Crippen molar-refractivity contribution in [1.29, 1.82) is 0 Å². The van der Waals surface area contributed by atoms with Crippen LogP contribution in [0.5, 0.6) is 0 Å². The average molecular weight is 661 g/mol. The Kier molecular flexibility index (Phi) is 9.03. The van der Waals surface area contributed by atoms with E-state index in [0.717, 1.165) is 18.1 Å². The third kappa shape index (κ3) is 4.86. The van der Waals surface area contributed by atoms with E-state index in [0.29, 0.717) is 5.57 Å². The lowest BCUT2D eigenvalue weighted by molar-refractivity contribution is -0.341. The molecule has 3 fully saturated rings. The summed E-state index contributed by atoms with van der Waals surface area (Å²) >= 11 is 0. The molecule has 0 unspecified atom stereocenters. The maximum atomic E-state index is 16.7. The summed E-state index contributed by atoms with van der Waals surface area (Å²) in [6.07, 6.45) is -7.23. The number of esters is 2. The second kappa shape index (κ2) is 11.9. The number of aliphatic hydroxyl groups is 2. The van der Waals surface area contributed by atoms with E-state index in [1.165, 1.54) is 13.8 Å². The normalized spacial score (nSPS) is 38.5. The second-order valence-corrected chi connectivity index (χ2v) is 19.2. The van der Waals surface area contributed by atoms with Crippen LogP contribution in [0.1, 0.15) is 78.6 Å². The predicted octanol–water partition coefficient (Wildman–Crippen LogP) is 5.09. The van der Waals surface area contributed by atoms with Gasteiger partial charge in [0.25, 0.3) is 0 Å². The quantitative estimate of drug-likeness (QED) is 0.223. The summed E-state index contributed by atoms with van der Waals surface area (Å²) in [5, 5.41) is 25.3. The molecule has 46 heavy (non-hydrogen) atoms. The molecule has 1 aliphatic heterocycles. The van der Waals surface area contributed by atoms with E-state index in [9.17, 15) is 24.6 Å². The highest BCUT2D eigenvalue weighted by molar-refractivity contribution is 6.73. The number of hydrogen-bond donors (Lipinski definition) is 2. The van der Waals surface area contributed by atoms with Crippen LogP contribution >= 0.6 is 0 Å². The molecule has 5 rings (SSSR count). The molecule has 2 saturated carbocycles. The largest absolute Gasteiger partial charge is 0.455 e. The minimum atomic E-state index is -2.33. The first kappa shape index (κ1) is 34.9. The molecule has 4 aliphatic rings. The minimum Gasteiger partial charge on any atom is -0.455 e. The third-order valence-electron chi connectivity index (χ3n) is 12.2. The average Bonchev–Trinajstić information content (AvgIpc) is 3.01. The second-order valence-electron chi connectivity index (χ2n) is 14.5. The summed E-state index contributed by atoms with van der Waals surface area (Å²) in [4.78, 5) is 41.3. The number of carbonyl (C=O) groups is 3. The fraction of sp³-hybridized carbons (Fsp3) is 0.686. The van der Waals surface area contributed by atoms with Gasteiger partial charge in [-0.25, -0.2) is 9.18 Å². The molecule has 11 heteroatoms. The highest BCUT2D eigenvalue weighted by atomic mass is 28.4. The maximum Gasteiger partial charge on any atom is 0.338 e. The number of alkyl halides is 1. The number of halogens is 1. The van der Waals surface area contributed by atoms with Crippen molar-refractivity contribution >= 4 is 26.0 Å².